The lowest BCUT2D eigenvalue weighted by atomic mass is 10.00. The molecule has 0 radical (unpaired) electrons. The van der Waals surface area contributed by atoms with E-state index in [4.69, 9.17) is 0 Å². The molecule has 0 bridgehead atoms. The molecule has 0 aliphatic rings. The minimum atomic E-state index is -0.248. The van der Waals surface area contributed by atoms with Crippen LogP contribution in [0.25, 0.3) is 27.4 Å². The highest BCUT2D eigenvalue weighted by Gasteiger charge is 2.08. The van der Waals surface area contributed by atoms with Crippen molar-refractivity contribution < 1.29 is 4.39 Å². The predicted molar refractivity (Wildman–Crippen MR) is 75.9 cm³/mol. The molecule has 20 heavy (non-hydrogen) atoms. The molecule has 0 N–H and O–H groups in total. The van der Waals surface area contributed by atoms with Crippen molar-refractivity contribution in [1.29, 1.82) is 0 Å². The van der Waals surface area contributed by atoms with Crippen molar-refractivity contribution in [3.8, 4) is 11.1 Å². The molecule has 0 fully saturated rings. The summed E-state index contributed by atoms with van der Waals surface area (Å²) in [5.41, 5.74) is 3.04. The lowest BCUT2D eigenvalue weighted by molar-refractivity contribution is 0.639. The summed E-state index contributed by atoms with van der Waals surface area (Å²) in [6.45, 7) is 0. The van der Waals surface area contributed by atoms with Gasteiger partial charge in [0.1, 0.15) is 5.82 Å². The average Bonchev–Trinajstić information content (AvgIpc) is 2.95. The van der Waals surface area contributed by atoms with E-state index in [-0.39, 0.29) is 5.82 Å². The van der Waals surface area contributed by atoms with Crippen LogP contribution >= 0.6 is 0 Å². The van der Waals surface area contributed by atoms with Gasteiger partial charge in [-0.3, -0.25) is 4.98 Å². The lowest BCUT2D eigenvalue weighted by Crippen LogP contribution is -1.89. The maximum atomic E-state index is 13.8. The molecule has 3 heterocycles. The predicted octanol–water partition coefficient (Wildman–Crippen LogP) is 3.69. The van der Waals surface area contributed by atoms with E-state index in [1.54, 1.807) is 29.2 Å². The third-order valence-electron chi connectivity index (χ3n) is 3.48. The molecule has 0 unspecified atom stereocenters. The van der Waals surface area contributed by atoms with Gasteiger partial charge >= 0.3 is 0 Å². The molecular weight excluding hydrogens is 253 g/mol. The summed E-state index contributed by atoms with van der Waals surface area (Å²) in [6, 6.07) is 11.1. The summed E-state index contributed by atoms with van der Waals surface area (Å²) in [5, 5.41) is 5.58. The van der Waals surface area contributed by atoms with Crippen LogP contribution in [0.3, 0.4) is 0 Å². The quantitative estimate of drug-likeness (QED) is 0.524. The van der Waals surface area contributed by atoms with Crippen LogP contribution in [-0.4, -0.2) is 14.6 Å². The lowest BCUT2D eigenvalue weighted by Gasteiger charge is -2.08. The highest BCUT2D eigenvalue weighted by Crippen LogP contribution is 2.30. The van der Waals surface area contributed by atoms with Gasteiger partial charge in [0.25, 0.3) is 0 Å². The van der Waals surface area contributed by atoms with E-state index in [9.17, 15) is 4.39 Å². The molecule has 96 valence electrons. The van der Waals surface area contributed by atoms with E-state index in [0.29, 0.717) is 5.39 Å². The molecule has 4 heteroatoms. The Morgan fingerprint density at radius 2 is 1.90 bits per heavy atom. The van der Waals surface area contributed by atoms with Crippen LogP contribution in [0.2, 0.25) is 0 Å². The van der Waals surface area contributed by atoms with Crippen LogP contribution in [-0.2, 0) is 0 Å². The summed E-state index contributed by atoms with van der Waals surface area (Å²) in [7, 11) is 0. The Bertz CT molecular complexity index is 927. The smallest absolute Gasteiger partial charge is 0.132 e. The van der Waals surface area contributed by atoms with Gasteiger partial charge in [-0.15, -0.1) is 0 Å². The van der Waals surface area contributed by atoms with Gasteiger partial charge < -0.3 is 0 Å². The number of benzene rings is 1. The molecule has 3 nitrogen and oxygen atoms in total. The van der Waals surface area contributed by atoms with Gasteiger partial charge in [0.05, 0.1) is 5.52 Å². The second kappa shape index (κ2) is 4.13. The maximum absolute atomic E-state index is 13.8. The molecule has 0 saturated heterocycles. The molecule has 0 atom stereocenters. The van der Waals surface area contributed by atoms with E-state index in [2.05, 4.69) is 10.1 Å². The zero-order valence-corrected chi connectivity index (χ0v) is 10.5. The Labute approximate surface area is 114 Å². The van der Waals surface area contributed by atoms with Crippen molar-refractivity contribution in [1.82, 2.24) is 14.6 Å². The molecule has 0 saturated carbocycles. The first-order chi connectivity index (χ1) is 9.83. The van der Waals surface area contributed by atoms with Gasteiger partial charge in [-0.25, -0.2) is 8.91 Å². The van der Waals surface area contributed by atoms with Crippen LogP contribution in [0.15, 0.2) is 61.2 Å². The van der Waals surface area contributed by atoms with E-state index < -0.39 is 0 Å². The SMILES string of the molecule is Fc1ccc(-c2ccn3nccc3c2)c2ccncc12. The van der Waals surface area contributed by atoms with Gasteiger partial charge in [0, 0.05) is 30.2 Å². The third-order valence-corrected chi connectivity index (χ3v) is 3.48. The van der Waals surface area contributed by atoms with E-state index in [0.717, 1.165) is 22.0 Å². The molecule has 1 aromatic carbocycles. The number of aromatic nitrogens is 3. The van der Waals surface area contributed by atoms with E-state index in [1.807, 2.05) is 30.5 Å². The summed E-state index contributed by atoms with van der Waals surface area (Å²) in [6.07, 6.45) is 6.90. The Hall–Kier alpha value is -2.75. The fourth-order valence-corrected chi connectivity index (χ4v) is 2.50. The van der Waals surface area contributed by atoms with Crippen molar-refractivity contribution in [2.75, 3.05) is 0 Å². The zero-order valence-electron chi connectivity index (χ0n) is 10.5. The molecule has 4 aromatic rings. The van der Waals surface area contributed by atoms with Crippen molar-refractivity contribution >= 4 is 16.3 Å². The van der Waals surface area contributed by atoms with Crippen LogP contribution in [0.4, 0.5) is 4.39 Å². The van der Waals surface area contributed by atoms with Gasteiger partial charge in [-0.05, 0) is 46.8 Å². The monoisotopic (exact) mass is 263 g/mol. The normalized spacial score (nSPS) is 11.2. The number of nitrogens with zero attached hydrogens (tertiary/aromatic N) is 3. The Kier molecular flexibility index (Phi) is 2.29. The number of fused-ring (bicyclic) bond motifs is 2. The standard InChI is InChI=1S/C16H10FN3/c17-16-2-1-13(14-4-6-18-10-15(14)16)11-5-8-20-12(9-11)3-7-19-20/h1-10H. The molecule has 0 aliphatic carbocycles. The van der Waals surface area contributed by atoms with Crippen molar-refractivity contribution in [2.24, 2.45) is 0 Å². The molecule has 3 aromatic heterocycles. The molecule has 4 rings (SSSR count). The van der Waals surface area contributed by atoms with Gasteiger partial charge in [-0.1, -0.05) is 6.07 Å². The fraction of sp³-hybridized carbons (Fsp3) is 0. The molecule has 0 aliphatic heterocycles. The Balaban J connectivity index is 2.04. The number of pyridine rings is 2. The minimum Gasteiger partial charge on any atom is -0.264 e. The van der Waals surface area contributed by atoms with Gasteiger partial charge in [0.15, 0.2) is 0 Å². The minimum absolute atomic E-state index is 0.248. The Morgan fingerprint density at radius 3 is 2.85 bits per heavy atom. The van der Waals surface area contributed by atoms with Gasteiger partial charge in [0.2, 0.25) is 0 Å². The molecule has 0 spiro atoms. The third kappa shape index (κ3) is 1.58. The van der Waals surface area contributed by atoms with Crippen molar-refractivity contribution in [2.45, 2.75) is 0 Å². The first kappa shape index (κ1) is 11.1. The van der Waals surface area contributed by atoms with E-state index in [1.165, 1.54) is 6.07 Å². The van der Waals surface area contributed by atoms with Crippen LogP contribution in [0, 0.1) is 5.82 Å². The van der Waals surface area contributed by atoms with Crippen LogP contribution in [0.5, 0.6) is 0 Å². The second-order valence-electron chi connectivity index (χ2n) is 4.63. The van der Waals surface area contributed by atoms with Crippen LogP contribution in [0.1, 0.15) is 0 Å². The second-order valence-corrected chi connectivity index (χ2v) is 4.63. The van der Waals surface area contributed by atoms with Crippen molar-refractivity contribution in [3.05, 3.63) is 67.0 Å². The molecule has 0 amide bonds. The zero-order chi connectivity index (χ0) is 13.5. The number of halogens is 1. The maximum Gasteiger partial charge on any atom is 0.132 e. The summed E-state index contributed by atoms with van der Waals surface area (Å²) < 4.78 is 15.6. The summed E-state index contributed by atoms with van der Waals surface area (Å²) in [5.74, 6) is -0.248. The average molecular weight is 263 g/mol. The van der Waals surface area contributed by atoms with Crippen molar-refractivity contribution in [3.63, 3.8) is 0 Å². The number of hydrogen-bond donors (Lipinski definition) is 0. The number of hydrogen-bond acceptors (Lipinski definition) is 2. The highest BCUT2D eigenvalue weighted by molar-refractivity contribution is 5.96. The van der Waals surface area contributed by atoms with E-state index >= 15 is 0 Å². The first-order valence-electron chi connectivity index (χ1n) is 6.29. The summed E-state index contributed by atoms with van der Waals surface area (Å²) in [4.78, 5) is 4.00. The summed E-state index contributed by atoms with van der Waals surface area (Å²) >= 11 is 0. The topological polar surface area (TPSA) is 30.2 Å². The fourth-order valence-electron chi connectivity index (χ4n) is 2.50. The number of rotatable bonds is 1. The van der Waals surface area contributed by atoms with Crippen LogP contribution < -0.4 is 0 Å². The Morgan fingerprint density at radius 1 is 0.950 bits per heavy atom. The molecular formula is C16H10FN3. The highest BCUT2D eigenvalue weighted by atomic mass is 19.1. The van der Waals surface area contributed by atoms with Gasteiger partial charge in [-0.2, -0.15) is 5.10 Å². The largest absolute Gasteiger partial charge is 0.264 e. The first-order valence-corrected chi connectivity index (χ1v) is 6.29.